The largest absolute Gasteiger partial charge is 0.458 e. The van der Waals surface area contributed by atoms with Gasteiger partial charge in [-0.05, 0) is 73.0 Å². The highest BCUT2D eigenvalue weighted by molar-refractivity contribution is 5.89. The third-order valence-electron chi connectivity index (χ3n) is 9.10. The van der Waals surface area contributed by atoms with Crippen molar-refractivity contribution in [3.63, 3.8) is 0 Å². The zero-order valence-electron chi connectivity index (χ0n) is 18.0. The topological polar surface area (TPSA) is 43.4 Å². The number of carbonyl (C=O) groups excluding carboxylic acids is 2. The third-order valence-corrected chi connectivity index (χ3v) is 9.10. The van der Waals surface area contributed by atoms with E-state index in [0.717, 1.165) is 37.7 Å². The Kier molecular flexibility index (Phi) is 4.68. The van der Waals surface area contributed by atoms with E-state index in [2.05, 4.69) is 13.8 Å². The fourth-order valence-electron chi connectivity index (χ4n) is 7.36. The summed E-state index contributed by atoms with van der Waals surface area (Å²) in [5.41, 5.74) is 1.02. The molecule has 0 aliphatic heterocycles. The molecule has 5 rings (SSSR count). The molecule has 1 aromatic carbocycles. The van der Waals surface area contributed by atoms with E-state index in [1.54, 1.807) is 12.1 Å². The van der Waals surface area contributed by atoms with Crippen molar-refractivity contribution < 1.29 is 18.7 Å². The number of hydrogen-bond acceptors (Lipinski definition) is 3. The summed E-state index contributed by atoms with van der Waals surface area (Å²) in [4.78, 5) is 25.0. The Morgan fingerprint density at radius 1 is 1.00 bits per heavy atom. The second kappa shape index (κ2) is 7.03. The van der Waals surface area contributed by atoms with Crippen LogP contribution in [0, 0.1) is 28.6 Å². The van der Waals surface area contributed by atoms with Crippen LogP contribution in [-0.4, -0.2) is 17.9 Å². The van der Waals surface area contributed by atoms with Gasteiger partial charge in [-0.1, -0.05) is 32.0 Å². The Balaban J connectivity index is 1.37. The molecule has 0 bridgehead atoms. The zero-order chi connectivity index (χ0) is 21.1. The molecule has 160 valence electrons. The van der Waals surface area contributed by atoms with Gasteiger partial charge in [-0.2, -0.15) is 0 Å². The zero-order valence-corrected chi connectivity index (χ0v) is 18.0. The van der Waals surface area contributed by atoms with Gasteiger partial charge in [0.05, 0.1) is 5.56 Å². The first-order chi connectivity index (χ1) is 14.3. The molecule has 0 unspecified atom stereocenters. The van der Waals surface area contributed by atoms with Gasteiger partial charge >= 0.3 is 5.97 Å². The van der Waals surface area contributed by atoms with Crippen molar-refractivity contribution >= 4 is 11.8 Å². The van der Waals surface area contributed by atoms with E-state index in [9.17, 15) is 9.59 Å². The van der Waals surface area contributed by atoms with Crippen LogP contribution in [0.4, 0.5) is 4.39 Å². The monoisotopic (exact) mass is 410 g/mol. The molecule has 4 aliphatic carbocycles. The van der Waals surface area contributed by atoms with Crippen molar-refractivity contribution in [2.45, 2.75) is 71.3 Å². The predicted molar refractivity (Wildman–Crippen MR) is 112 cm³/mol. The summed E-state index contributed by atoms with van der Waals surface area (Å²) >= 11 is 0. The van der Waals surface area contributed by atoms with E-state index in [1.165, 1.54) is 0 Å². The fraction of sp³-hybridized carbons (Fsp3) is 0.615. The van der Waals surface area contributed by atoms with Crippen LogP contribution in [0.15, 0.2) is 41.7 Å². The van der Waals surface area contributed by atoms with Crippen LogP contribution in [0.5, 0.6) is 0 Å². The molecule has 0 N–H and O–H groups in total. The van der Waals surface area contributed by atoms with Crippen LogP contribution < -0.4 is 0 Å². The molecule has 0 aromatic heterocycles. The van der Waals surface area contributed by atoms with Crippen LogP contribution in [0.1, 0.15) is 75.6 Å². The maximum absolute atomic E-state index is 15.5. The van der Waals surface area contributed by atoms with Gasteiger partial charge in [0.1, 0.15) is 17.7 Å². The second-order valence-corrected chi connectivity index (χ2v) is 10.4. The Morgan fingerprint density at radius 3 is 2.47 bits per heavy atom. The van der Waals surface area contributed by atoms with Crippen LogP contribution in [0.2, 0.25) is 0 Å². The van der Waals surface area contributed by atoms with Gasteiger partial charge < -0.3 is 4.74 Å². The molecule has 3 fully saturated rings. The number of ketones is 1. The number of Topliss-reactive ketones (excluding diaryl/α,β-unsaturated/α-hetero) is 1. The molecule has 0 saturated heterocycles. The number of carbonyl (C=O) groups is 2. The Morgan fingerprint density at radius 2 is 1.70 bits per heavy atom. The van der Waals surface area contributed by atoms with Crippen molar-refractivity contribution in [1.82, 2.24) is 0 Å². The van der Waals surface area contributed by atoms with Crippen molar-refractivity contribution in [1.29, 1.82) is 0 Å². The lowest BCUT2D eigenvalue weighted by Gasteiger charge is -2.57. The molecule has 0 spiro atoms. The second-order valence-electron chi connectivity index (χ2n) is 10.4. The molecule has 3 saturated carbocycles. The van der Waals surface area contributed by atoms with E-state index in [0.29, 0.717) is 42.4 Å². The summed E-state index contributed by atoms with van der Waals surface area (Å²) in [7, 11) is 0. The molecule has 4 heteroatoms. The summed E-state index contributed by atoms with van der Waals surface area (Å²) < 4.78 is 21.3. The number of ether oxygens (including phenoxy) is 1. The summed E-state index contributed by atoms with van der Waals surface area (Å²) in [5, 5.41) is 0. The standard InChI is InChI=1S/C26H31FO3/c1-25-12-10-17(30-24(29)16-6-4-3-5-7-16)14-21(25)22(27)15-18-19-8-9-23(28)26(19,2)13-11-20(18)25/h3-7,17-20H,8-15H2,1-2H3/t17-,18-,19-,20-,25+,26-/m0/s1. The molecule has 3 nitrogen and oxygen atoms in total. The third kappa shape index (κ3) is 2.90. The molecule has 6 atom stereocenters. The SMILES string of the molecule is C[C@]12CC[C@H](OC(=O)c3ccccc3)CC1=C(F)C[C@@H]1[C@@H]2CC[C@]2(C)C(=O)CC[C@@H]12. The average Bonchev–Trinajstić information content (AvgIpc) is 3.04. The van der Waals surface area contributed by atoms with E-state index in [1.807, 2.05) is 18.2 Å². The van der Waals surface area contributed by atoms with Crippen LogP contribution in [0.3, 0.4) is 0 Å². The first-order valence-corrected chi connectivity index (χ1v) is 11.5. The first-order valence-electron chi connectivity index (χ1n) is 11.5. The maximum Gasteiger partial charge on any atom is 0.338 e. The van der Waals surface area contributed by atoms with Gasteiger partial charge in [0.25, 0.3) is 0 Å². The summed E-state index contributed by atoms with van der Waals surface area (Å²) in [6.07, 6.45) is 5.86. The smallest absolute Gasteiger partial charge is 0.338 e. The molecular formula is C26H31FO3. The number of hydrogen-bond donors (Lipinski definition) is 0. The normalized spacial score (nSPS) is 40.4. The molecule has 0 radical (unpaired) electrons. The summed E-state index contributed by atoms with van der Waals surface area (Å²) in [5.74, 6) is 1.10. The number of esters is 1. The number of fused-ring (bicyclic) bond motifs is 5. The molecule has 1 aromatic rings. The van der Waals surface area contributed by atoms with Crippen molar-refractivity contribution in [3.05, 3.63) is 47.3 Å². The van der Waals surface area contributed by atoms with Gasteiger partial charge in [0.15, 0.2) is 0 Å². The quantitative estimate of drug-likeness (QED) is 0.558. The number of halogens is 1. The van der Waals surface area contributed by atoms with Gasteiger partial charge in [0, 0.05) is 24.7 Å². The van der Waals surface area contributed by atoms with Gasteiger partial charge in [0.2, 0.25) is 0 Å². The minimum Gasteiger partial charge on any atom is -0.458 e. The highest BCUT2D eigenvalue weighted by atomic mass is 19.1. The molecular weight excluding hydrogens is 379 g/mol. The van der Waals surface area contributed by atoms with Gasteiger partial charge in [-0.3, -0.25) is 4.79 Å². The Hall–Kier alpha value is -1.97. The number of benzene rings is 1. The molecule has 30 heavy (non-hydrogen) atoms. The molecule has 4 aliphatic rings. The van der Waals surface area contributed by atoms with Gasteiger partial charge in [-0.15, -0.1) is 0 Å². The number of rotatable bonds is 2. The summed E-state index contributed by atoms with van der Waals surface area (Å²) in [6, 6.07) is 9.02. The van der Waals surface area contributed by atoms with E-state index in [4.69, 9.17) is 4.74 Å². The fourth-order valence-corrected chi connectivity index (χ4v) is 7.36. The maximum atomic E-state index is 15.5. The summed E-state index contributed by atoms with van der Waals surface area (Å²) in [6.45, 7) is 4.36. The Labute approximate surface area is 178 Å². The lowest BCUT2D eigenvalue weighted by atomic mass is 9.48. The van der Waals surface area contributed by atoms with Crippen LogP contribution in [0.25, 0.3) is 0 Å². The minimum absolute atomic E-state index is 0.00260. The number of allylic oxidation sites excluding steroid dienone is 1. The lowest BCUT2D eigenvalue weighted by Crippen LogP contribution is -2.51. The van der Waals surface area contributed by atoms with Crippen LogP contribution >= 0.6 is 0 Å². The Bertz CT molecular complexity index is 906. The van der Waals surface area contributed by atoms with Crippen molar-refractivity contribution in [2.75, 3.05) is 0 Å². The lowest BCUT2D eigenvalue weighted by molar-refractivity contribution is -0.132. The van der Waals surface area contributed by atoms with E-state index < -0.39 is 0 Å². The molecule has 0 amide bonds. The van der Waals surface area contributed by atoms with E-state index >= 15 is 4.39 Å². The van der Waals surface area contributed by atoms with Gasteiger partial charge in [-0.25, -0.2) is 9.18 Å². The van der Waals surface area contributed by atoms with Crippen molar-refractivity contribution in [2.24, 2.45) is 28.6 Å². The van der Waals surface area contributed by atoms with Crippen molar-refractivity contribution in [3.8, 4) is 0 Å². The highest BCUT2D eigenvalue weighted by Crippen LogP contribution is 2.65. The molecule has 0 heterocycles. The highest BCUT2D eigenvalue weighted by Gasteiger charge is 2.60. The first kappa shape index (κ1) is 20.0. The predicted octanol–water partition coefficient (Wildman–Crippen LogP) is 6.04. The van der Waals surface area contributed by atoms with E-state index in [-0.39, 0.29) is 34.6 Å². The average molecular weight is 411 g/mol. The minimum atomic E-state index is -0.322. The van der Waals surface area contributed by atoms with Crippen LogP contribution in [-0.2, 0) is 9.53 Å².